The summed E-state index contributed by atoms with van der Waals surface area (Å²) in [5.41, 5.74) is 0. The largest absolute Gasteiger partial charge is 0.379 e. The van der Waals surface area contributed by atoms with Gasteiger partial charge in [0.1, 0.15) is 82.9 Å². The standard InChI is InChI=1S/C58H102O21/c1-45(59)17-9-25-67-33-53(74-27-11-19-47(3)61)35-69-37-55(76-29-13-21-49(5)63)39-71-41-57(78-31-15-23-51(7)65)43-73-44-58(79-32-16-24-52(8)66)42-72-40-56(77-30-14-22-50(6)64)38-70-36-54(75-28-12-20-48(4)62)34-68-26-10-18-46(2)60/h53-58H,9-44H2,1-8H3. The summed E-state index contributed by atoms with van der Waals surface area (Å²) in [6.45, 7) is 16.5. The van der Waals surface area contributed by atoms with Crippen LogP contribution in [-0.4, -0.2) is 215 Å². The van der Waals surface area contributed by atoms with Gasteiger partial charge in [-0.25, -0.2) is 0 Å². The van der Waals surface area contributed by atoms with E-state index >= 15 is 0 Å². The third kappa shape index (κ3) is 55.2. The van der Waals surface area contributed by atoms with E-state index in [2.05, 4.69) is 0 Å². The maximum absolute atomic E-state index is 11.7. The van der Waals surface area contributed by atoms with E-state index in [9.17, 15) is 38.4 Å². The van der Waals surface area contributed by atoms with Crippen LogP contribution in [0.1, 0.15) is 158 Å². The van der Waals surface area contributed by atoms with Crippen LogP contribution in [0.15, 0.2) is 0 Å². The maximum Gasteiger partial charge on any atom is 0.129 e. The Balaban J connectivity index is 5.92. The van der Waals surface area contributed by atoms with Gasteiger partial charge in [-0.2, -0.15) is 0 Å². The molecular formula is C58H102O21. The van der Waals surface area contributed by atoms with Crippen LogP contribution >= 0.6 is 0 Å². The van der Waals surface area contributed by atoms with E-state index in [1.807, 2.05) is 0 Å². The quantitative estimate of drug-likeness (QED) is 0.0600. The second kappa shape index (κ2) is 52.9. The van der Waals surface area contributed by atoms with Gasteiger partial charge in [-0.3, -0.25) is 0 Å². The molecule has 460 valence electrons. The normalized spacial score (nSPS) is 13.9. The zero-order valence-corrected chi connectivity index (χ0v) is 49.5. The lowest BCUT2D eigenvalue weighted by molar-refractivity contribution is -0.125. The molecule has 0 fully saturated rings. The molecule has 0 bridgehead atoms. The van der Waals surface area contributed by atoms with Crippen molar-refractivity contribution < 1.29 is 99.9 Å². The first-order chi connectivity index (χ1) is 37.9. The van der Waals surface area contributed by atoms with Gasteiger partial charge in [0, 0.05) is 104 Å². The molecule has 0 aliphatic heterocycles. The number of ketones is 8. The molecule has 0 aromatic rings. The monoisotopic (exact) mass is 1130 g/mol. The Kier molecular flexibility index (Phi) is 50.8. The van der Waals surface area contributed by atoms with Crippen LogP contribution in [-0.2, 0) is 99.9 Å². The summed E-state index contributed by atoms with van der Waals surface area (Å²) < 4.78 is 78.9. The van der Waals surface area contributed by atoms with Gasteiger partial charge in [0.05, 0.1) is 79.3 Å². The minimum absolute atomic E-state index is 0.0413. The number of hydrogen-bond donors (Lipinski definition) is 0. The molecule has 0 N–H and O–H groups in total. The lowest BCUT2D eigenvalue weighted by atomic mass is 10.2. The molecule has 79 heavy (non-hydrogen) atoms. The number of carbonyl (C=O) groups is 8. The minimum Gasteiger partial charge on any atom is -0.379 e. The molecule has 0 aliphatic rings. The van der Waals surface area contributed by atoms with Crippen molar-refractivity contribution in [2.75, 3.05) is 132 Å². The lowest BCUT2D eigenvalue weighted by Crippen LogP contribution is -2.35. The highest BCUT2D eigenvalue weighted by molar-refractivity contribution is 5.77. The molecule has 6 unspecified atom stereocenters. The fraction of sp³-hybridized carbons (Fsp3) is 0.862. The van der Waals surface area contributed by atoms with Gasteiger partial charge in [-0.15, -0.1) is 0 Å². The zero-order valence-electron chi connectivity index (χ0n) is 49.5. The van der Waals surface area contributed by atoms with Gasteiger partial charge >= 0.3 is 0 Å². The Labute approximate surface area is 471 Å². The van der Waals surface area contributed by atoms with E-state index in [0.29, 0.717) is 142 Å². The molecule has 0 heterocycles. The SMILES string of the molecule is CC(=O)CCCOCC(COCC(COCC(COCC(COCC(COCC(COCCCC(C)=O)OCCCC(C)=O)OCCCC(C)=O)OCCCC(C)=O)OCCCC(C)=O)OCCCC(C)=O)OCCCC(C)=O. The number of rotatable bonds is 62. The van der Waals surface area contributed by atoms with E-state index < -0.39 is 36.6 Å². The number of hydrogen-bond acceptors (Lipinski definition) is 21. The molecule has 0 aromatic carbocycles. The average molecular weight is 1140 g/mol. The smallest absolute Gasteiger partial charge is 0.129 e. The van der Waals surface area contributed by atoms with Crippen LogP contribution in [0.4, 0.5) is 0 Å². The summed E-state index contributed by atoms with van der Waals surface area (Å²) in [5.74, 6) is 0.499. The number of carbonyl (C=O) groups excluding carboxylic acids is 8. The van der Waals surface area contributed by atoms with Crippen LogP contribution in [0, 0.1) is 0 Å². The summed E-state index contributed by atoms with van der Waals surface area (Å²) in [6, 6.07) is 0. The van der Waals surface area contributed by atoms with Crippen LogP contribution in [0.3, 0.4) is 0 Å². The van der Waals surface area contributed by atoms with E-state index in [1.54, 1.807) is 0 Å². The zero-order chi connectivity index (χ0) is 58.7. The van der Waals surface area contributed by atoms with Gasteiger partial charge in [0.15, 0.2) is 0 Å². The van der Waals surface area contributed by atoms with Crippen LogP contribution in [0.5, 0.6) is 0 Å². The van der Waals surface area contributed by atoms with E-state index in [1.165, 1.54) is 55.4 Å². The van der Waals surface area contributed by atoms with Gasteiger partial charge in [-0.05, 0) is 107 Å². The van der Waals surface area contributed by atoms with Crippen molar-refractivity contribution in [3.63, 3.8) is 0 Å². The van der Waals surface area contributed by atoms with E-state index in [-0.39, 0.29) is 139 Å². The third-order valence-corrected chi connectivity index (χ3v) is 11.4. The van der Waals surface area contributed by atoms with Crippen LogP contribution < -0.4 is 0 Å². The first-order valence-electron chi connectivity index (χ1n) is 28.5. The molecule has 0 aliphatic carbocycles. The van der Waals surface area contributed by atoms with E-state index in [4.69, 9.17) is 61.6 Å². The van der Waals surface area contributed by atoms with Gasteiger partial charge in [-0.1, -0.05) is 0 Å². The van der Waals surface area contributed by atoms with Crippen molar-refractivity contribution in [1.82, 2.24) is 0 Å². The molecule has 0 saturated carbocycles. The summed E-state index contributed by atoms with van der Waals surface area (Å²) in [7, 11) is 0. The summed E-state index contributed by atoms with van der Waals surface area (Å²) in [4.78, 5) is 92.6. The van der Waals surface area contributed by atoms with Crippen LogP contribution in [0.2, 0.25) is 0 Å². The lowest BCUT2D eigenvalue weighted by Gasteiger charge is -2.24. The Morgan fingerprint density at radius 2 is 0.329 bits per heavy atom. The summed E-state index contributed by atoms with van der Waals surface area (Å²) >= 11 is 0. The Morgan fingerprint density at radius 1 is 0.203 bits per heavy atom. The van der Waals surface area contributed by atoms with Gasteiger partial charge < -0.3 is 99.9 Å². The topological polar surface area (TPSA) is 257 Å². The molecular weight excluding hydrogens is 1030 g/mol. The number of ether oxygens (including phenoxy) is 13. The molecule has 6 atom stereocenters. The van der Waals surface area contributed by atoms with Crippen molar-refractivity contribution in [2.24, 2.45) is 0 Å². The predicted octanol–water partition coefficient (Wildman–Crippen LogP) is 6.37. The molecule has 0 spiro atoms. The molecule has 0 saturated heterocycles. The van der Waals surface area contributed by atoms with Crippen molar-refractivity contribution in [3.8, 4) is 0 Å². The summed E-state index contributed by atoms with van der Waals surface area (Å²) in [6.07, 6.45) is 4.34. The third-order valence-electron chi connectivity index (χ3n) is 11.4. The maximum atomic E-state index is 11.7. The number of Topliss-reactive ketones (excluding diaryl/α,β-unsaturated/α-hetero) is 8. The summed E-state index contributed by atoms with van der Waals surface area (Å²) in [5, 5.41) is 0. The van der Waals surface area contributed by atoms with Crippen molar-refractivity contribution in [3.05, 3.63) is 0 Å². The van der Waals surface area contributed by atoms with E-state index in [0.717, 1.165) is 0 Å². The van der Waals surface area contributed by atoms with Crippen LogP contribution in [0.25, 0.3) is 0 Å². The first-order valence-corrected chi connectivity index (χ1v) is 28.5. The van der Waals surface area contributed by atoms with Gasteiger partial charge in [0.25, 0.3) is 0 Å². The fourth-order valence-electron chi connectivity index (χ4n) is 7.22. The fourth-order valence-corrected chi connectivity index (χ4v) is 7.22. The molecule has 0 radical (unpaired) electrons. The molecule has 0 rings (SSSR count). The first kappa shape index (κ1) is 75.8. The minimum atomic E-state index is -0.559. The predicted molar refractivity (Wildman–Crippen MR) is 293 cm³/mol. The van der Waals surface area contributed by atoms with Gasteiger partial charge in [0.2, 0.25) is 0 Å². The molecule has 21 heteroatoms. The highest BCUT2D eigenvalue weighted by atomic mass is 16.6. The Hall–Kier alpha value is -3.16. The molecule has 0 amide bonds. The highest BCUT2D eigenvalue weighted by Gasteiger charge is 2.21. The Bertz CT molecular complexity index is 1490. The second-order valence-corrected chi connectivity index (χ2v) is 20.2. The van der Waals surface area contributed by atoms with Crippen molar-refractivity contribution >= 4 is 46.3 Å². The molecule has 21 nitrogen and oxygen atoms in total. The van der Waals surface area contributed by atoms with Crippen molar-refractivity contribution in [1.29, 1.82) is 0 Å². The molecule has 0 aromatic heterocycles. The second-order valence-electron chi connectivity index (χ2n) is 20.2. The highest BCUT2D eigenvalue weighted by Crippen LogP contribution is 2.10. The average Bonchev–Trinajstić information content (AvgIpc) is 3.37. The van der Waals surface area contributed by atoms with Crippen molar-refractivity contribution in [2.45, 2.75) is 195 Å². The Morgan fingerprint density at radius 3 is 0.468 bits per heavy atom.